The van der Waals surface area contributed by atoms with Crippen molar-refractivity contribution in [2.75, 3.05) is 13.1 Å². The standard InChI is InChI=1S/C19H22ClN3O3/c1-4-13-16(12(3)24)11(2)23-17(13)19(26)22-10-9-21-18(25)14-7-5-6-8-15(14)20/h5-8,23H,4,9-10H2,1-3H3,(H,21,25)(H,22,26). The van der Waals surface area contributed by atoms with E-state index in [1.807, 2.05) is 6.92 Å². The highest BCUT2D eigenvalue weighted by atomic mass is 35.5. The number of hydrogen-bond acceptors (Lipinski definition) is 3. The van der Waals surface area contributed by atoms with Crippen molar-refractivity contribution in [1.82, 2.24) is 15.6 Å². The molecular formula is C19H22ClN3O3. The van der Waals surface area contributed by atoms with E-state index in [0.29, 0.717) is 39.5 Å². The van der Waals surface area contributed by atoms with Crippen LogP contribution in [0.1, 0.15) is 56.3 Å². The van der Waals surface area contributed by atoms with E-state index in [4.69, 9.17) is 11.6 Å². The summed E-state index contributed by atoms with van der Waals surface area (Å²) in [6.45, 7) is 5.68. The van der Waals surface area contributed by atoms with Crippen LogP contribution in [0.2, 0.25) is 5.02 Å². The fraction of sp³-hybridized carbons (Fsp3) is 0.316. The first-order valence-electron chi connectivity index (χ1n) is 8.40. The number of Topliss-reactive ketones (excluding diaryl/α,β-unsaturated/α-hetero) is 1. The topological polar surface area (TPSA) is 91.1 Å². The zero-order chi connectivity index (χ0) is 19.3. The van der Waals surface area contributed by atoms with Crippen LogP contribution in [0.25, 0.3) is 0 Å². The van der Waals surface area contributed by atoms with E-state index in [9.17, 15) is 14.4 Å². The maximum absolute atomic E-state index is 12.4. The second-order valence-electron chi connectivity index (χ2n) is 5.88. The van der Waals surface area contributed by atoms with Crippen molar-refractivity contribution in [2.45, 2.75) is 27.2 Å². The fourth-order valence-corrected chi connectivity index (χ4v) is 3.10. The summed E-state index contributed by atoms with van der Waals surface area (Å²) in [5, 5.41) is 5.83. The number of halogens is 1. The van der Waals surface area contributed by atoms with Crippen LogP contribution >= 0.6 is 11.6 Å². The SMILES string of the molecule is CCc1c(C(=O)NCCNC(=O)c2ccccc2Cl)[nH]c(C)c1C(C)=O. The Morgan fingerprint density at radius 1 is 1.08 bits per heavy atom. The number of aryl methyl sites for hydroxylation is 1. The molecule has 0 atom stereocenters. The van der Waals surface area contributed by atoms with Gasteiger partial charge in [-0.25, -0.2) is 0 Å². The molecule has 1 aromatic carbocycles. The van der Waals surface area contributed by atoms with Crippen LogP contribution in [0, 0.1) is 6.92 Å². The molecule has 3 N–H and O–H groups in total. The molecule has 1 heterocycles. The molecule has 0 fully saturated rings. The highest BCUT2D eigenvalue weighted by molar-refractivity contribution is 6.33. The average Bonchev–Trinajstić information content (AvgIpc) is 2.95. The van der Waals surface area contributed by atoms with Gasteiger partial charge in [-0.3, -0.25) is 14.4 Å². The van der Waals surface area contributed by atoms with Gasteiger partial charge >= 0.3 is 0 Å². The molecule has 7 heteroatoms. The third-order valence-electron chi connectivity index (χ3n) is 4.04. The molecule has 0 aliphatic rings. The van der Waals surface area contributed by atoms with Gasteiger partial charge in [-0.1, -0.05) is 30.7 Å². The van der Waals surface area contributed by atoms with E-state index in [1.165, 1.54) is 6.92 Å². The number of nitrogens with one attached hydrogen (secondary N) is 3. The number of aromatic nitrogens is 1. The van der Waals surface area contributed by atoms with Crippen LogP contribution in [-0.2, 0) is 6.42 Å². The van der Waals surface area contributed by atoms with Crippen LogP contribution in [0.4, 0.5) is 0 Å². The summed E-state index contributed by atoms with van der Waals surface area (Å²) in [7, 11) is 0. The second kappa shape index (κ2) is 8.67. The maximum atomic E-state index is 12.4. The molecule has 2 aromatic rings. The Morgan fingerprint density at radius 2 is 1.69 bits per heavy atom. The summed E-state index contributed by atoms with van der Waals surface area (Å²) < 4.78 is 0. The summed E-state index contributed by atoms with van der Waals surface area (Å²) in [4.78, 5) is 39.2. The molecule has 26 heavy (non-hydrogen) atoms. The molecule has 0 saturated heterocycles. The predicted molar refractivity (Wildman–Crippen MR) is 101 cm³/mol. The molecule has 138 valence electrons. The van der Waals surface area contributed by atoms with E-state index in [0.717, 1.165) is 0 Å². The first-order valence-corrected chi connectivity index (χ1v) is 8.77. The van der Waals surface area contributed by atoms with Crippen molar-refractivity contribution in [1.29, 1.82) is 0 Å². The largest absolute Gasteiger partial charge is 0.354 e. The summed E-state index contributed by atoms with van der Waals surface area (Å²) in [5.41, 5.74) is 2.76. The van der Waals surface area contributed by atoms with Gasteiger partial charge in [0.25, 0.3) is 11.8 Å². The quantitative estimate of drug-likeness (QED) is 0.513. The van der Waals surface area contributed by atoms with Crippen LogP contribution in [0.3, 0.4) is 0 Å². The van der Waals surface area contributed by atoms with Gasteiger partial charge in [0.1, 0.15) is 5.69 Å². The summed E-state index contributed by atoms with van der Waals surface area (Å²) >= 11 is 5.98. The highest BCUT2D eigenvalue weighted by Crippen LogP contribution is 2.20. The van der Waals surface area contributed by atoms with Crippen LogP contribution in [0.5, 0.6) is 0 Å². The van der Waals surface area contributed by atoms with Crippen molar-refractivity contribution in [3.63, 3.8) is 0 Å². The molecule has 0 unspecified atom stereocenters. The van der Waals surface area contributed by atoms with Crippen molar-refractivity contribution in [3.05, 3.63) is 57.4 Å². The number of benzene rings is 1. The van der Waals surface area contributed by atoms with E-state index >= 15 is 0 Å². The lowest BCUT2D eigenvalue weighted by Crippen LogP contribution is -2.35. The van der Waals surface area contributed by atoms with Gasteiger partial charge in [0.05, 0.1) is 10.6 Å². The molecular weight excluding hydrogens is 354 g/mol. The first kappa shape index (κ1) is 19.7. The minimum atomic E-state index is -0.301. The van der Waals surface area contributed by atoms with Gasteiger partial charge in [-0.15, -0.1) is 0 Å². The van der Waals surface area contributed by atoms with Gasteiger partial charge in [0.2, 0.25) is 0 Å². The molecule has 0 aliphatic carbocycles. The number of carbonyl (C=O) groups excluding carboxylic acids is 3. The van der Waals surface area contributed by atoms with Gasteiger partial charge in [0, 0.05) is 24.3 Å². The predicted octanol–water partition coefficient (Wildman–Crippen LogP) is 2.90. The molecule has 0 aliphatic heterocycles. The lowest BCUT2D eigenvalue weighted by molar-refractivity contribution is 0.0925. The first-order chi connectivity index (χ1) is 12.4. The average molecular weight is 376 g/mol. The van der Waals surface area contributed by atoms with Crippen molar-refractivity contribution >= 4 is 29.2 Å². The van der Waals surface area contributed by atoms with Crippen molar-refractivity contribution in [2.24, 2.45) is 0 Å². The molecule has 6 nitrogen and oxygen atoms in total. The Balaban J connectivity index is 1.94. The minimum Gasteiger partial charge on any atom is -0.354 e. The Morgan fingerprint density at radius 3 is 2.27 bits per heavy atom. The van der Waals surface area contributed by atoms with Gasteiger partial charge in [-0.2, -0.15) is 0 Å². The van der Waals surface area contributed by atoms with Gasteiger partial charge < -0.3 is 15.6 Å². The van der Waals surface area contributed by atoms with Crippen LogP contribution in [0.15, 0.2) is 24.3 Å². The molecule has 0 spiro atoms. The highest BCUT2D eigenvalue weighted by Gasteiger charge is 2.21. The lowest BCUT2D eigenvalue weighted by atomic mass is 10.0. The number of carbonyl (C=O) groups is 3. The Kier molecular flexibility index (Phi) is 6.58. The number of H-pyrrole nitrogens is 1. The smallest absolute Gasteiger partial charge is 0.268 e. The minimum absolute atomic E-state index is 0.0679. The maximum Gasteiger partial charge on any atom is 0.268 e. The zero-order valence-corrected chi connectivity index (χ0v) is 15.8. The molecule has 0 radical (unpaired) electrons. The molecule has 0 bridgehead atoms. The zero-order valence-electron chi connectivity index (χ0n) is 15.0. The van der Waals surface area contributed by atoms with Crippen molar-refractivity contribution < 1.29 is 14.4 Å². The Bertz CT molecular complexity index is 843. The van der Waals surface area contributed by atoms with E-state index < -0.39 is 0 Å². The number of hydrogen-bond donors (Lipinski definition) is 3. The summed E-state index contributed by atoms with van der Waals surface area (Å²) in [5.74, 6) is -0.667. The third kappa shape index (κ3) is 4.32. The van der Waals surface area contributed by atoms with E-state index in [-0.39, 0.29) is 30.7 Å². The molecule has 0 saturated carbocycles. The Hall–Kier alpha value is -2.60. The fourth-order valence-electron chi connectivity index (χ4n) is 2.88. The number of amides is 2. The molecule has 2 amide bonds. The second-order valence-corrected chi connectivity index (χ2v) is 6.29. The molecule has 2 rings (SSSR count). The number of rotatable bonds is 7. The van der Waals surface area contributed by atoms with Crippen molar-refractivity contribution in [3.8, 4) is 0 Å². The lowest BCUT2D eigenvalue weighted by Gasteiger charge is -2.08. The third-order valence-corrected chi connectivity index (χ3v) is 4.37. The van der Waals surface area contributed by atoms with Crippen LogP contribution in [-0.4, -0.2) is 35.7 Å². The van der Waals surface area contributed by atoms with E-state index in [1.54, 1.807) is 31.2 Å². The normalized spacial score (nSPS) is 10.5. The van der Waals surface area contributed by atoms with E-state index in [2.05, 4.69) is 15.6 Å². The monoisotopic (exact) mass is 375 g/mol. The van der Waals surface area contributed by atoms with Gasteiger partial charge in [0.15, 0.2) is 5.78 Å². The summed E-state index contributed by atoms with van der Waals surface area (Å²) in [6.07, 6.45) is 0.575. The van der Waals surface area contributed by atoms with Crippen LogP contribution < -0.4 is 10.6 Å². The Labute approximate surface area is 157 Å². The van der Waals surface area contributed by atoms with Gasteiger partial charge in [-0.05, 0) is 38.0 Å². The number of aromatic amines is 1. The number of ketones is 1. The molecule has 1 aromatic heterocycles. The summed E-state index contributed by atoms with van der Waals surface area (Å²) in [6, 6.07) is 6.76.